The number of aromatic nitrogens is 3. The summed E-state index contributed by atoms with van der Waals surface area (Å²) in [6.07, 6.45) is 5.31. The number of fused-ring (bicyclic) bond motifs is 2. The van der Waals surface area contributed by atoms with Crippen LogP contribution in [0.1, 0.15) is 22.4 Å². The van der Waals surface area contributed by atoms with E-state index in [9.17, 15) is 10.5 Å². The van der Waals surface area contributed by atoms with E-state index in [1.807, 2.05) is 79.0 Å². The standard InChI is InChI=1S/C34H22ClN5O/c1-41-23-12-13-31-25(16-23)29(20-40-31)27(18-37)34(32-11-4-5-14-38-32)33(21-7-6-8-22(35)15-21)26(17-36)28-19-39-30-10-3-2-9-24(28)30/h2-16,19-20,39-40H,1H3/b33-26+,34-27-. The van der Waals surface area contributed by atoms with Gasteiger partial charge in [-0.1, -0.05) is 48.0 Å². The summed E-state index contributed by atoms with van der Waals surface area (Å²) in [6.45, 7) is 0. The molecule has 0 radical (unpaired) electrons. The highest BCUT2D eigenvalue weighted by atomic mass is 35.5. The van der Waals surface area contributed by atoms with Gasteiger partial charge >= 0.3 is 0 Å². The van der Waals surface area contributed by atoms with Crippen LogP contribution < -0.4 is 4.74 Å². The van der Waals surface area contributed by atoms with Gasteiger partial charge in [0.25, 0.3) is 0 Å². The molecular weight excluding hydrogens is 530 g/mol. The summed E-state index contributed by atoms with van der Waals surface area (Å²) in [7, 11) is 1.61. The van der Waals surface area contributed by atoms with Gasteiger partial charge < -0.3 is 14.7 Å². The number of hydrogen-bond donors (Lipinski definition) is 2. The molecule has 0 unspecified atom stereocenters. The monoisotopic (exact) mass is 551 g/mol. The maximum atomic E-state index is 10.8. The second-order valence-electron chi connectivity index (χ2n) is 9.31. The Hall–Kier alpha value is -5.56. The maximum Gasteiger partial charge on any atom is 0.119 e. The second kappa shape index (κ2) is 10.9. The van der Waals surface area contributed by atoms with Gasteiger partial charge in [0.2, 0.25) is 0 Å². The molecule has 0 bridgehead atoms. The zero-order chi connectivity index (χ0) is 28.3. The number of hydrogen-bond acceptors (Lipinski definition) is 4. The summed E-state index contributed by atoms with van der Waals surface area (Å²) in [4.78, 5) is 11.2. The minimum Gasteiger partial charge on any atom is -0.497 e. The molecule has 0 amide bonds. The van der Waals surface area contributed by atoms with Gasteiger partial charge in [0.15, 0.2) is 0 Å². The Kier molecular flexibility index (Phi) is 6.83. The van der Waals surface area contributed by atoms with Gasteiger partial charge in [-0.2, -0.15) is 10.5 Å². The number of ether oxygens (including phenoxy) is 1. The molecule has 41 heavy (non-hydrogen) atoms. The second-order valence-corrected chi connectivity index (χ2v) is 9.75. The predicted octanol–water partition coefficient (Wildman–Crippen LogP) is 8.28. The third-order valence-corrected chi connectivity index (χ3v) is 7.26. The summed E-state index contributed by atoms with van der Waals surface area (Å²) in [6, 6.07) is 31.2. The number of benzene rings is 3. The van der Waals surface area contributed by atoms with Gasteiger partial charge in [0.1, 0.15) is 17.9 Å². The van der Waals surface area contributed by atoms with Crippen LogP contribution in [0.25, 0.3) is 44.1 Å². The first-order valence-corrected chi connectivity index (χ1v) is 13.2. The van der Waals surface area contributed by atoms with E-state index in [0.29, 0.717) is 55.4 Å². The number of rotatable bonds is 6. The molecule has 0 saturated carbocycles. The van der Waals surface area contributed by atoms with Crippen LogP contribution in [0.2, 0.25) is 5.02 Å². The van der Waals surface area contributed by atoms with Crippen LogP contribution in [0.3, 0.4) is 0 Å². The summed E-state index contributed by atoms with van der Waals surface area (Å²) in [5.41, 5.74) is 6.15. The molecule has 2 N–H and O–H groups in total. The average molecular weight is 552 g/mol. The van der Waals surface area contributed by atoms with Gasteiger partial charge in [-0.05, 0) is 54.1 Å². The molecule has 6 nitrogen and oxygen atoms in total. The van der Waals surface area contributed by atoms with Crippen molar-refractivity contribution in [2.45, 2.75) is 0 Å². The van der Waals surface area contributed by atoms with Crippen molar-refractivity contribution in [3.63, 3.8) is 0 Å². The zero-order valence-electron chi connectivity index (χ0n) is 21.9. The number of aromatic amines is 2. The van der Waals surface area contributed by atoms with Crippen molar-refractivity contribution >= 4 is 55.7 Å². The lowest BCUT2D eigenvalue weighted by atomic mass is 9.84. The summed E-state index contributed by atoms with van der Waals surface area (Å²) < 4.78 is 5.48. The zero-order valence-corrected chi connectivity index (χ0v) is 22.7. The van der Waals surface area contributed by atoms with Crippen LogP contribution in [0.5, 0.6) is 5.75 Å². The fourth-order valence-electron chi connectivity index (χ4n) is 5.16. The van der Waals surface area contributed by atoms with E-state index in [0.717, 1.165) is 21.8 Å². The Morgan fingerprint density at radius 2 is 1.46 bits per heavy atom. The van der Waals surface area contributed by atoms with Gasteiger partial charge in [-0.25, -0.2) is 0 Å². The lowest BCUT2D eigenvalue weighted by molar-refractivity contribution is 0.415. The molecule has 6 rings (SSSR count). The third kappa shape index (κ3) is 4.63. The molecule has 196 valence electrons. The van der Waals surface area contributed by atoms with E-state index in [1.54, 1.807) is 31.6 Å². The minimum atomic E-state index is 0.353. The molecule has 0 aliphatic heterocycles. The first kappa shape index (κ1) is 25.7. The fraction of sp³-hybridized carbons (Fsp3) is 0.0294. The highest BCUT2D eigenvalue weighted by Crippen LogP contribution is 2.44. The van der Waals surface area contributed by atoms with Crippen molar-refractivity contribution in [2.75, 3.05) is 7.11 Å². The van der Waals surface area contributed by atoms with Gasteiger partial charge in [0, 0.05) is 67.7 Å². The molecule has 3 aromatic carbocycles. The van der Waals surface area contributed by atoms with Gasteiger partial charge in [0.05, 0.1) is 23.9 Å². The van der Waals surface area contributed by atoms with Crippen molar-refractivity contribution in [3.05, 3.63) is 131 Å². The lowest BCUT2D eigenvalue weighted by Crippen LogP contribution is -2.01. The number of pyridine rings is 1. The highest BCUT2D eigenvalue weighted by molar-refractivity contribution is 6.32. The molecule has 0 saturated heterocycles. The average Bonchev–Trinajstić information content (AvgIpc) is 3.63. The summed E-state index contributed by atoms with van der Waals surface area (Å²) >= 11 is 6.50. The van der Waals surface area contributed by atoms with Crippen LogP contribution in [0, 0.1) is 22.7 Å². The fourth-order valence-corrected chi connectivity index (χ4v) is 5.35. The van der Waals surface area contributed by atoms with E-state index in [-0.39, 0.29) is 0 Å². The van der Waals surface area contributed by atoms with E-state index in [1.165, 1.54) is 0 Å². The number of halogens is 1. The van der Waals surface area contributed by atoms with Crippen molar-refractivity contribution in [2.24, 2.45) is 0 Å². The maximum absolute atomic E-state index is 10.8. The third-order valence-electron chi connectivity index (χ3n) is 7.02. The smallest absolute Gasteiger partial charge is 0.119 e. The van der Waals surface area contributed by atoms with Gasteiger partial charge in [-0.3, -0.25) is 4.98 Å². The lowest BCUT2D eigenvalue weighted by Gasteiger charge is -2.18. The topological polar surface area (TPSA) is 101 Å². The van der Waals surface area contributed by atoms with Crippen LogP contribution in [0.4, 0.5) is 0 Å². The number of para-hydroxylation sites is 1. The molecule has 0 aliphatic rings. The Morgan fingerprint density at radius 1 is 0.756 bits per heavy atom. The largest absolute Gasteiger partial charge is 0.497 e. The Morgan fingerprint density at radius 3 is 2.17 bits per heavy atom. The van der Waals surface area contributed by atoms with Crippen molar-refractivity contribution < 1.29 is 4.74 Å². The molecule has 0 atom stereocenters. The first-order chi connectivity index (χ1) is 20.1. The Balaban J connectivity index is 1.80. The summed E-state index contributed by atoms with van der Waals surface area (Å²) in [5, 5.41) is 23.8. The van der Waals surface area contributed by atoms with Crippen molar-refractivity contribution in [3.8, 4) is 17.9 Å². The van der Waals surface area contributed by atoms with E-state index in [2.05, 4.69) is 27.1 Å². The first-order valence-electron chi connectivity index (χ1n) is 12.8. The predicted molar refractivity (Wildman–Crippen MR) is 164 cm³/mol. The molecule has 0 spiro atoms. The highest BCUT2D eigenvalue weighted by Gasteiger charge is 2.26. The minimum absolute atomic E-state index is 0.353. The quantitative estimate of drug-likeness (QED) is 0.161. The Bertz CT molecular complexity index is 2070. The number of nitrogens with zero attached hydrogens (tertiary/aromatic N) is 3. The molecule has 0 fully saturated rings. The normalized spacial score (nSPS) is 12.4. The molecule has 6 aromatic rings. The van der Waals surface area contributed by atoms with Crippen molar-refractivity contribution in [1.82, 2.24) is 15.0 Å². The number of allylic oxidation sites excluding steroid dienone is 4. The van der Waals surface area contributed by atoms with Crippen molar-refractivity contribution in [1.29, 1.82) is 10.5 Å². The number of methoxy groups -OCH3 is 1. The van der Waals surface area contributed by atoms with Crippen LogP contribution in [-0.4, -0.2) is 22.1 Å². The molecule has 3 aromatic heterocycles. The van der Waals surface area contributed by atoms with E-state index >= 15 is 0 Å². The SMILES string of the molecule is COc1ccc2[nH]cc(/C(C#N)=C(\C(=C(/C#N)c3c[nH]c4ccccc34)c3cccc(Cl)c3)c3ccccn3)c2c1. The number of nitrogens with one attached hydrogen (secondary N) is 2. The van der Waals surface area contributed by atoms with Crippen LogP contribution in [-0.2, 0) is 0 Å². The van der Waals surface area contributed by atoms with E-state index in [4.69, 9.17) is 16.3 Å². The molecule has 0 aliphatic carbocycles. The van der Waals surface area contributed by atoms with Gasteiger partial charge in [-0.15, -0.1) is 0 Å². The number of H-pyrrole nitrogens is 2. The molecule has 3 heterocycles. The van der Waals surface area contributed by atoms with Crippen LogP contribution in [0.15, 0.2) is 104 Å². The molecule has 7 heteroatoms. The van der Waals surface area contributed by atoms with E-state index < -0.39 is 0 Å². The Labute approximate surface area is 241 Å². The summed E-state index contributed by atoms with van der Waals surface area (Å²) in [5.74, 6) is 0.664. The molecular formula is C34H22ClN5O. The van der Waals surface area contributed by atoms with Crippen LogP contribution >= 0.6 is 11.6 Å². The number of nitriles is 2.